The molecule has 0 unspecified atom stereocenters. The first kappa shape index (κ1) is 20.0. The van der Waals surface area contributed by atoms with Gasteiger partial charge in [-0.2, -0.15) is 0 Å². The molecule has 0 saturated heterocycles. The van der Waals surface area contributed by atoms with Crippen molar-refractivity contribution < 1.29 is 0 Å². The summed E-state index contributed by atoms with van der Waals surface area (Å²) in [5.74, 6) is 6.78. The molecule has 0 heterocycles. The van der Waals surface area contributed by atoms with Crippen LogP contribution >= 0.6 is 0 Å². The zero-order valence-electron chi connectivity index (χ0n) is 14.9. The summed E-state index contributed by atoms with van der Waals surface area (Å²) < 4.78 is 0. The molecule has 0 radical (unpaired) electrons. The molecule has 126 valence electrons. The second-order valence-electron chi connectivity index (χ2n) is 6.15. The third kappa shape index (κ3) is 9.15. The van der Waals surface area contributed by atoms with Gasteiger partial charge in [-0.05, 0) is 41.9 Å². The molecule has 0 atom stereocenters. The van der Waals surface area contributed by atoms with Crippen LogP contribution in [0.3, 0.4) is 0 Å². The van der Waals surface area contributed by atoms with E-state index >= 15 is 0 Å². The molecule has 0 spiro atoms. The second kappa shape index (κ2) is 13.4. The van der Waals surface area contributed by atoms with Crippen LogP contribution in [-0.2, 0) is 34.2 Å². The lowest BCUT2D eigenvalue weighted by molar-refractivity contribution is 0.870. The third-order valence-corrected chi connectivity index (χ3v) is 7.63. The van der Waals surface area contributed by atoms with E-state index < -0.39 is 0 Å². The highest BCUT2D eigenvalue weighted by Gasteiger charge is 2.17. The van der Waals surface area contributed by atoms with Gasteiger partial charge in [-0.15, -0.1) is 0 Å². The van der Waals surface area contributed by atoms with E-state index in [1.54, 1.807) is 17.3 Å². The predicted molar refractivity (Wildman–Crippen MR) is 109 cm³/mol. The summed E-state index contributed by atoms with van der Waals surface area (Å²) in [6.45, 7) is 6.90. The Kier molecular flexibility index (Phi) is 12.1. The number of unbranched alkanes of at least 4 members (excludes halogenated alkanes) is 3. The minimum atomic E-state index is 0.608. The molecule has 0 amide bonds. The van der Waals surface area contributed by atoms with Crippen LogP contribution in [0.25, 0.3) is 0 Å². The molecule has 0 N–H and O–H groups in total. The Bertz CT molecular complexity index is 350. The Balaban J connectivity index is 2.42. The molecule has 1 rings (SSSR count). The molecular weight excluding hydrogens is 304 g/mol. The molecule has 0 aliphatic heterocycles. The van der Waals surface area contributed by atoms with Gasteiger partial charge in [-0.1, -0.05) is 64.3 Å². The monoisotopic (exact) mass is 340 g/mol. The topological polar surface area (TPSA) is 0 Å². The van der Waals surface area contributed by atoms with E-state index in [1.165, 1.54) is 72.9 Å². The van der Waals surface area contributed by atoms with Gasteiger partial charge >= 0.3 is 0 Å². The standard InChI is InChI=1S/C20H35S2/c1-4-7-14-21-17-19-10-12-20(13-11-19)18-22(15-8-5-2)16-9-6-3/h10-13H,4-9,14-18H2,1-3H3/q+1/p+1. The molecule has 0 fully saturated rings. The number of rotatable bonds is 13. The van der Waals surface area contributed by atoms with Crippen LogP contribution in [0, 0.1) is 0 Å². The fourth-order valence-electron chi connectivity index (χ4n) is 2.40. The van der Waals surface area contributed by atoms with E-state index in [0.717, 1.165) is 0 Å². The fourth-order valence-corrected chi connectivity index (χ4v) is 6.12. The summed E-state index contributed by atoms with van der Waals surface area (Å²) in [6.07, 6.45) is 8.18. The first-order valence-electron chi connectivity index (χ1n) is 9.15. The van der Waals surface area contributed by atoms with Crippen molar-refractivity contribution in [3.63, 3.8) is 0 Å². The van der Waals surface area contributed by atoms with Gasteiger partial charge in [-0.25, -0.2) is 0 Å². The average molecular weight is 341 g/mol. The van der Waals surface area contributed by atoms with E-state index in [9.17, 15) is 0 Å². The van der Waals surface area contributed by atoms with Crippen LogP contribution in [0.1, 0.15) is 70.4 Å². The van der Waals surface area contributed by atoms with E-state index in [2.05, 4.69) is 45.0 Å². The quantitative estimate of drug-likeness (QED) is 0.252. The lowest BCUT2D eigenvalue weighted by atomic mass is 10.2. The molecule has 0 aliphatic carbocycles. The van der Waals surface area contributed by atoms with Gasteiger partial charge in [0.15, 0.2) is 0 Å². The van der Waals surface area contributed by atoms with E-state index in [4.69, 9.17) is 0 Å². The molecule has 0 aromatic heterocycles. The molecule has 2 heteroatoms. The molecule has 0 aliphatic rings. The maximum Gasteiger partial charge on any atom is 0.133 e. The molecule has 22 heavy (non-hydrogen) atoms. The maximum absolute atomic E-state index is 2.39. The number of benzene rings is 1. The average Bonchev–Trinajstić information content (AvgIpc) is 2.55. The first-order valence-corrected chi connectivity index (χ1v) is 12.1. The van der Waals surface area contributed by atoms with E-state index in [0.29, 0.717) is 10.9 Å². The van der Waals surface area contributed by atoms with E-state index in [-0.39, 0.29) is 0 Å². The fraction of sp³-hybridized carbons (Fsp3) is 0.700. The highest BCUT2D eigenvalue weighted by Crippen LogP contribution is 2.15. The Morgan fingerprint density at radius 3 is 1.86 bits per heavy atom. The Morgan fingerprint density at radius 2 is 1.32 bits per heavy atom. The second-order valence-corrected chi connectivity index (χ2v) is 9.69. The molecule has 0 saturated carbocycles. The highest BCUT2D eigenvalue weighted by molar-refractivity contribution is 7.96. The molecule has 0 nitrogen and oxygen atoms in total. The predicted octanol–water partition coefficient (Wildman–Crippen LogP) is 5.52. The van der Waals surface area contributed by atoms with Crippen molar-refractivity contribution in [1.29, 1.82) is 0 Å². The van der Waals surface area contributed by atoms with Crippen LogP contribution in [0.2, 0.25) is 0 Å². The summed E-state index contributed by atoms with van der Waals surface area (Å²) in [5, 5.41) is 0. The minimum Gasteiger partial charge on any atom is -0.0652 e. The number of thiol groups is 1. The summed E-state index contributed by atoms with van der Waals surface area (Å²) >= 11 is 1.59. The normalized spacial score (nSPS) is 11.3. The van der Waals surface area contributed by atoms with Gasteiger partial charge in [-0.3, -0.25) is 0 Å². The van der Waals surface area contributed by atoms with Gasteiger partial charge in [0.05, 0.1) is 0 Å². The minimum absolute atomic E-state index is 0.608. The zero-order chi connectivity index (χ0) is 16.0. The van der Waals surface area contributed by atoms with Crippen LogP contribution in [0.15, 0.2) is 24.3 Å². The smallest absolute Gasteiger partial charge is 0.0652 e. The maximum atomic E-state index is 2.39. The summed E-state index contributed by atoms with van der Waals surface area (Å²) in [6, 6.07) is 9.52. The Labute approximate surface area is 146 Å². The van der Waals surface area contributed by atoms with Gasteiger partial charge in [0.2, 0.25) is 0 Å². The zero-order valence-corrected chi connectivity index (χ0v) is 16.7. The summed E-state index contributed by atoms with van der Waals surface area (Å²) in [5.41, 5.74) is 3.08. The molecular formula is C20H36S2+2. The van der Waals surface area contributed by atoms with Crippen molar-refractivity contribution in [2.45, 2.75) is 70.8 Å². The van der Waals surface area contributed by atoms with Crippen molar-refractivity contribution in [2.75, 3.05) is 17.3 Å². The van der Waals surface area contributed by atoms with Gasteiger partial charge in [0, 0.05) is 11.1 Å². The first-order chi connectivity index (χ1) is 10.8. The van der Waals surface area contributed by atoms with Crippen molar-refractivity contribution >= 4 is 22.7 Å². The molecule has 1 aromatic rings. The summed E-state index contributed by atoms with van der Waals surface area (Å²) in [7, 11) is 0.608. The van der Waals surface area contributed by atoms with Crippen molar-refractivity contribution in [2.24, 2.45) is 0 Å². The Morgan fingerprint density at radius 1 is 0.773 bits per heavy atom. The summed E-state index contributed by atoms with van der Waals surface area (Å²) in [4.78, 5) is 0. The largest absolute Gasteiger partial charge is 0.133 e. The third-order valence-electron chi connectivity index (χ3n) is 3.93. The van der Waals surface area contributed by atoms with Crippen molar-refractivity contribution in [3.8, 4) is 0 Å². The van der Waals surface area contributed by atoms with Crippen LogP contribution in [0.5, 0.6) is 0 Å². The molecule has 1 aromatic carbocycles. The highest BCUT2D eigenvalue weighted by atomic mass is 32.2. The van der Waals surface area contributed by atoms with Gasteiger partial charge < -0.3 is 0 Å². The van der Waals surface area contributed by atoms with Gasteiger partial charge in [0.25, 0.3) is 0 Å². The van der Waals surface area contributed by atoms with Crippen LogP contribution < -0.4 is 0 Å². The SMILES string of the molecule is CCCC[SH+]Cc1ccc(C[S+](CCCC)CCCC)cc1. The lowest BCUT2D eigenvalue weighted by Gasteiger charge is -2.09. The van der Waals surface area contributed by atoms with Crippen molar-refractivity contribution in [1.82, 2.24) is 0 Å². The Hall–Kier alpha value is -0.0800. The van der Waals surface area contributed by atoms with Crippen molar-refractivity contribution in [3.05, 3.63) is 35.4 Å². The number of hydrogen-bond acceptors (Lipinski definition) is 0. The van der Waals surface area contributed by atoms with E-state index in [1.807, 2.05) is 0 Å². The lowest BCUT2D eigenvalue weighted by Crippen LogP contribution is -2.15. The van der Waals surface area contributed by atoms with Crippen LogP contribution in [-0.4, -0.2) is 17.3 Å². The van der Waals surface area contributed by atoms with Gasteiger partial charge in [0.1, 0.15) is 28.8 Å². The number of hydrogen-bond donors (Lipinski definition) is 0. The van der Waals surface area contributed by atoms with Crippen LogP contribution in [0.4, 0.5) is 0 Å². The molecule has 0 bridgehead atoms.